The number of nitro benzene ring substituents is 1. The van der Waals surface area contributed by atoms with E-state index in [-0.39, 0.29) is 22.1 Å². The van der Waals surface area contributed by atoms with Crippen molar-refractivity contribution < 1.29 is 4.92 Å². The molecule has 1 N–H and O–H groups in total. The summed E-state index contributed by atoms with van der Waals surface area (Å²) < 4.78 is 0. The fourth-order valence-electron chi connectivity index (χ4n) is 3.11. The van der Waals surface area contributed by atoms with Crippen LogP contribution in [-0.2, 0) is 5.41 Å². The highest BCUT2D eigenvalue weighted by Crippen LogP contribution is 2.53. The molecule has 3 rings (SSSR count). The van der Waals surface area contributed by atoms with Crippen LogP contribution in [-0.4, -0.2) is 11.5 Å². The Kier molecular flexibility index (Phi) is 2.45. The highest BCUT2D eigenvalue weighted by Gasteiger charge is 2.49. The molecule has 2 aliphatic rings. The lowest BCUT2D eigenvalue weighted by molar-refractivity contribution is -0.385. The van der Waals surface area contributed by atoms with E-state index in [0.29, 0.717) is 5.92 Å². The van der Waals surface area contributed by atoms with Crippen LogP contribution in [0.5, 0.6) is 0 Å². The summed E-state index contributed by atoms with van der Waals surface area (Å²) in [5.41, 5.74) is 2.96. The predicted octanol–water partition coefficient (Wildman–Crippen LogP) is 2.93. The van der Waals surface area contributed by atoms with Crippen molar-refractivity contribution in [2.75, 3.05) is 6.54 Å². The third-order valence-corrected chi connectivity index (χ3v) is 4.33. The summed E-state index contributed by atoms with van der Waals surface area (Å²) in [7, 11) is 0. The molecule has 1 aromatic rings. The highest BCUT2D eigenvalue weighted by atomic mass is 16.6. The molecule has 0 amide bonds. The lowest BCUT2D eigenvalue weighted by atomic mass is 9.80. The number of hydrogen-bond donors (Lipinski definition) is 1. The van der Waals surface area contributed by atoms with Crippen LogP contribution in [0.1, 0.15) is 43.9 Å². The van der Waals surface area contributed by atoms with Crippen molar-refractivity contribution in [2.45, 2.75) is 38.1 Å². The molecular weight excluding hydrogens is 228 g/mol. The standard InChI is InChI=1S/C14H18N2O2/c1-9(2)13-11-7-10(16(17)18)3-4-12(11)14(5-6-14)8-15-13/h3-4,7,9,13,15H,5-6,8H2,1-2H3. The van der Waals surface area contributed by atoms with Crippen molar-refractivity contribution in [1.29, 1.82) is 0 Å². The molecule has 0 bridgehead atoms. The van der Waals surface area contributed by atoms with Gasteiger partial charge in [0.1, 0.15) is 0 Å². The number of non-ortho nitro benzene ring substituents is 1. The van der Waals surface area contributed by atoms with Gasteiger partial charge in [0.05, 0.1) is 4.92 Å². The van der Waals surface area contributed by atoms with E-state index in [4.69, 9.17) is 0 Å². The van der Waals surface area contributed by atoms with Gasteiger partial charge in [0, 0.05) is 30.1 Å². The number of benzene rings is 1. The van der Waals surface area contributed by atoms with Crippen LogP contribution in [0.3, 0.4) is 0 Å². The van der Waals surface area contributed by atoms with Gasteiger partial charge in [-0.3, -0.25) is 10.1 Å². The van der Waals surface area contributed by atoms with Crippen molar-refractivity contribution in [3.05, 3.63) is 39.4 Å². The molecular formula is C14H18N2O2. The van der Waals surface area contributed by atoms with Crippen molar-refractivity contribution in [2.24, 2.45) is 5.92 Å². The Morgan fingerprint density at radius 1 is 1.44 bits per heavy atom. The molecule has 0 aromatic heterocycles. The topological polar surface area (TPSA) is 55.2 Å². The van der Waals surface area contributed by atoms with Crippen LogP contribution in [0.4, 0.5) is 5.69 Å². The number of nitro groups is 1. The molecule has 18 heavy (non-hydrogen) atoms. The van der Waals surface area contributed by atoms with Crippen molar-refractivity contribution >= 4 is 5.69 Å². The lowest BCUT2D eigenvalue weighted by Gasteiger charge is -2.35. The number of hydrogen-bond acceptors (Lipinski definition) is 3. The molecule has 0 saturated heterocycles. The van der Waals surface area contributed by atoms with E-state index in [2.05, 4.69) is 19.2 Å². The zero-order chi connectivity index (χ0) is 12.9. The Labute approximate surface area is 107 Å². The lowest BCUT2D eigenvalue weighted by Crippen LogP contribution is -2.39. The van der Waals surface area contributed by atoms with E-state index in [9.17, 15) is 10.1 Å². The Balaban J connectivity index is 2.11. The number of nitrogens with zero attached hydrogens (tertiary/aromatic N) is 1. The summed E-state index contributed by atoms with van der Waals surface area (Å²) in [6, 6.07) is 5.65. The second-order valence-corrected chi connectivity index (χ2v) is 5.91. The van der Waals surface area contributed by atoms with Gasteiger partial charge in [0.2, 0.25) is 0 Å². The molecule has 96 valence electrons. The first-order chi connectivity index (χ1) is 8.53. The summed E-state index contributed by atoms with van der Waals surface area (Å²) in [5.74, 6) is 0.446. The summed E-state index contributed by atoms with van der Waals surface area (Å²) >= 11 is 0. The summed E-state index contributed by atoms with van der Waals surface area (Å²) in [6.07, 6.45) is 2.41. The van der Waals surface area contributed by atoms with E-state index < -0.39 is 0 Å². The largest absolute Gasteiger partial charge is 0.309 e. The van der Waals surface area contributed by atoms with Gasteiger partial charge in [-0.1, -0.05) is 19.9 Å². The first-order valence-electron chi connectivity index (χ1n) is 6.56. The van der Waals surface area contributed by atoms with E-state index in [0.717, 1.165) is 12.1 Å². The van der Waals surface area contributed by atoms with Gasteiger partial charge < -0.3 is 5.32 Å². The average Bonchev–Trinajstić information content (AvgIpc) is 3.09. The number of fused-ring (bicyclic) bond motifs is 2. The van der Waals surface area contributed by atoms with Crippen LogP contribution in [0.15, 0.2) is 18.2 Å². The molecule has 1 heterocycles. The van der Waals surface area contributed by atoms with Gasteiger partial charge in [-0.2, -0.15) is 0 Å². The Hall–Kier alpha value is -1.42. The van der Waals surface area contributed by atoms with Crippen LogP contribution in [0, 0.1) is 16.0 Å². The maximum Gasteiger partial charge on any atom is 0.269 e. The third-order valence-electron chi connectivity index (χ3n) is 4.33. The highest BCUT2D eigenvalue weighted by molar-refractivity contribution is 5.49. The van der Waals surface area contributed by atoms with Gasteiger partial charge in [-0.05, 0) is 29.9 Å². The molecule has 1 aromatic carbocycles. The molecule has 1 unspecified atom stereocenters. The molecule has 1 atom stereocenters. The molecule has 4 nitrogen and oxygen atoms in total. The molecule has 1 spiro atoms. The van der Waals surface area contributed by atoms with Crippen LogP contribution >= 0.6 is 0 Å². The Bertz CT molecular complexity index is 507. The fraction of sp³-hybridized carbons (Fsp3) is 0.571. The van der Waals surface area contributed by atoms with Crippen molar-refractivity contribution in [3.8, 4) is 0 Å². The van der Waals surface area contributed by atoms with E-state index in [1.807, 2.05) is 6.07 Å². The van der Waals surface area contributed by atoms with Crippen LogP contribution in [0.2, 0.25) is 0 Å². The smallest absolute Gasteiger partial charge is 0.269 e. The van der Waals surface area contributed by atoms with Gasteiger partial charge in [-0.25, -0.2) is 0 Å². The Morgan fingerprint density at radius 3 is 2.72 bits per heavy atom. The molecule has 1 aliphatic carbocycles. The summed E-state index contributed by atoms with van der Waals surface area (Å²) in [5, 5.41) is 14.5. The van der Waals surface area contributed by atoms with Gasteiger partial charge in [0.15, 0.2) is 0 Å². The summed E-state index contributed by atoms with van der Waals surface area (Å²) in [6.45, 7) is 5.33. The summed E-state index contributed by atoms with van der Waals surface area (Å²) in [4.78, 5) is 10.6. The Morgan fingerprint density at radius 2 is 2.17 bits per heavy atom. The first-order valence-corrected chi connectivity index (χ1v) is 6.56. The molecule has 1 aliphatic heterocycles. The average molecular weight is 246 g/mol. The monoisotopic (exact) mass is 246 g/mol. The first kappa shape index (κ1) is 11.7. The van der Waals surface area contributed by atoms with Crippen LogP contribution < -0.4 is 5.32 Å². The fourth-order valence-corrected chi connectivity index (χ4v) is 3.11. The van der Waals surface area contributed by atoms with Crippen molar-refractivity contribution in [1.82, 2.24) is 5.32 Å². The molecule has 4 heteroatoms. The second-order valence-electron chi connectivity index (χ2n) is 5.91. The zero-order valence-corrected chi connectivity index (χ0v) is 10.8. The predicted molar refractivity (Wildman–Crippen MR) is 69.6 cm³/mol. The van der Waals surface area contributed by atoms with Gasteiger partial charge in [0.25, 0.3) is 5.69 Å². The minimum absolute atomic E-state index is 0.207. The minimum atomic E-state index is -0.300. The van der Waals surface area contributed by atoms with Gasteiger partial charge in [-0.15, -0.1) is 0 Å². The van der Waals surface area contributed by atoms with E-state index >= 15 is 0 Å². The number of rotatable bonds is 2. The van der Waals surface area contributed by atoms with Crippen molar-refractivity contribution in [3.63, 3.8) is 0 Å². The molecule has 0 radical (unpaired) electrons. The quantitative estimate of drug-likeness (QED) is 0.644. The maximum absolute atomic E-state index is 10.9. The molecule has 1 saturated carbocycles. The minimum Gasteiger partial charge on any atom is -0.309 e. The second kappa shape index (κ2) is 3.79. The SMILES string of the molecule is CC(C)C1NCC2(CC2)c2ccc([N+](=O)[O-])cc21. The zero-order valence-electron chi connectivity index (χ0n) is 10.8. The third kappa shape index (κ3) is 1.63. The van der Waals surface area contributed by atoms with Crippen LogP contribution in [0.25, 0.3) is 0 Å². The molecule has 1 fully saturated rings. The van der Waals surface area contributed by atoms with E-state index in [1.54, 1.807) is 12.1 Å². The number of nitrogens with one attached hydrogen (secondary N) is 1. The maximum atomic E-state index is 10.9. The van der Waals surface area contributed by atoms with E-state index in [1.165, 1.54) is 18.4 Å². The van der Waals surface area contributed by atoms with Gasteiger partial charge >= 0.3 is 0 Å². The normalized spacial score (nSPS) is 24.1.